The predicted molar refractivity (Wildman–Crippen MR) is 109 cm³/mol. The first-order chi connectivity index (χ1) is 11.3. The largest absolute Gasteiger partial charge is 0.489 e. The van der Waals surface area contributed by atoms with Gasteiger partial charge in [0.25, 0.3) is 0 Å². The van der Waals surface area contributed by atoms with Crippen molar-refractivity contribution in [2.24, 2.45) is 4.99 Å². The summed E-state index contributed by atoms with van der Waals surface area (Å²) in [6, 6.07) is 9.86. The number of nitrogens with zero attached hydrogens (tertiary/aromatic N) is 2. The fourth-order valence-electron chi connectivity index (χ4n) is 2.39. The molecule has 2 rings (SSSR count). The molecule has 0 saturated carbocycles. The number of benzene rings is 1. The lowest BCUT2D eigenvalue weighted by Gasteiger charge is -2.26. The number of nitrogens with one attached hydrogen (secondary N) is 2. The maximum atomic E-state index is 5.84. The minimum Gasteiger partial charge on any atom is -0.489 e. The summed E-state index contributed by atoms with van der Waals surface area (Å²) < 4.78 is 11.2. The van der Waals surface area contributed by atoms with Crippen LogP contribution in [-0.2, 0) is 4.74 Å². The van der Waals surface area contributed by atoms with Crippen molar-refractivity contribution in [3.05, 3.63) is 30.3 Å². The van der Waals surface area contributed by atoms with Crippen LogP contribution in [0.4, 0.5) is 0 Å². The molecule has 0 aromatic heterocycles. The van der Waals surface area contributed by atoms with Crippen molar-refractivity contribution >= 4 is 29.9 Å². The molecule has 1 fully saturated rings. The number of halogens is 1. The Balaban J connectivity index is 0.00000288. The highest BCUT2D eigenvalue weighted by molar-refractivity contribution is 14.0. The summed E-state index contributed by atoms with van der Waals surface area (Å²) in [6.07, 6.45) is 0.0650. The summed E-state index contributed by atoms with van der Waals surface area (Å²) in [5.41, 5.74) is 0. The van der Waals surface area contributed by atoms with Gasteiger partial charge in [0.1, 0.15) is 11.9 Å². The number of guanidine groups is 1. The lowest BCUT2D eigenvalue weighted by atomic mass is 10.3. The second-order valence-electron chi connectivity index (χ2n) is 5.58. The molecule has 1 aromatic carbocycles. The normalized spacial score (nSPS) is 16.8. The highest BCUT2D eigenvalue weighted by Gasteiger charge is 2.10. The van der Waals surface area contributed by atoms with E-state index < -0.39 is 0 Å². The van der Waals surface area contributed by atoms with E-state index in [1.54, 1.807) is 7.05 Å². The molecule has 0 bridgehead atoms. The van der Waals surface area contributed by atoms with Crippen LogP contribution in [0.25, 0.3) is 0 Å². The highest BCUT2D eigenvalue weighted by atomic mass is 127. The average Bonchev–Trinajstić information content (AvgIpc) is 2.59. The van der Waals surface area contributed by atoms with Gasteiger partial charge in [-0.2, -0.15) is 0 Å². The van der Waals surface area contributed by atoms with Crippen molar-refractivity contribution in [2.45, 2.75) is 13.0 Å². The molecular weight excluding hydrogens is 419 g/mol. The number of hydrogen-bond acceptors (Lipinski definition) is 4. The Hall–Kier alpha value is -1.06. The lowest BCUT2D eigenvalue weighted by Crippen LogP contribution is -2.46. The molecule has 1 heterocycles. The molecule has 1 unspecified atom stereocenters. The second kappa shape index (κ2) is 12.3. The summed E-state index contributed by atoms with van der Waals surface area (Å²) in [5, 5.41) is 6.63. The van der Waals surface area contributed by atoms with Crippen LogP contribution in [0.5, 0.6) is 5.75 Å². The Bertz CT molecular complexity index is 467. The fraction of sp³-hybridized carbons (Fsp3) is 0.588. The zero-order chi connectivity index (χ0) is 16.3. The van der Waals surface area contributed by atoms with Gasteiger partial charge in [0.15, 0.2) is 5.96 Å². The predicted octanol–water partition coefficient (Wildman–Crippen LogP) is 1.57. The van der Waals surface area contributed by atoms with Gasteiger partial charge in [0.05, 0.1) is 19.8 Å². The molecule has 7 heteroatoms. The van der Waals surface area contributed by atoms with Crippen LogP contribution in [0.2, 0.25) is 0 Å². The molecule has 136 valence electrons. The van der Waals surface area contributed by atoms with E-state index in [2.05, 4.69) is 20.5 Å². The van der Waals surface area contributed by atoms with E-state index in [9.17, 15) is 0 Å². The summed E-state index contributed by atoms with van der Waals surface area (Å²) in [4.78, 5) is 6.64. The van der Waals surface area contributed by atoms with Crippen LogP contribution in [0.15, 0.2) is 35.3 Å². The van der Waals surface area contributed by atoms with Crippen molar-refractivity contribution in [3.8, 4) is 5.75 Å². The van der Waals surface area contributed by atoms with Gasteiger partial charge in [0.2, 0.25) is 0 Å². The molecule has 0 aliphatic carbocycles. The Kier molecular flexibility index (Phi) is 10.8. The van der Waals surface area contributed by atoms with Crippen molar-refractivity contribution < 1.29 is 9.47 Å². The summed E-state index contributed by atoms with van der Waals surface area (Å²) in [6.45, 7) is 8.30. The number of morpholine rings is 1. The Labute approximate surface area is 162 Å². The molecule has 1 saturated heterocycles. The topological polar surface area (TPSA) is 58.1 Å². The molecule has 0 amide bonds. The highest BCUT2D eigenvalue weighted by Crippen LogP contribution is 2.10. The van der Waals surface area contributed by atoms with Gasteiger partial charge in [-0.15, -0.1) is 24.0 Å². The Morgan fingerprint density at radius 3 is 2.62 bits per heavy atom. The lowest BCUT2D eigenvalue weighted by molar-refractivity contribution is 0.0389. The molecule has 1 aliphatic rings. The monoisotopic (exact) mass is 448 g/mol. The van der Waals surface area contributed by atoms with Gasteiger partial charge in [-0.3, -0.25) is 9.89 Å². The van der Waals surface area contributed by atoms with Crippen LogP contribution in [0.1, 0.15) is 6.92 Å². The first kappa shape index (κ1) is 21.0. The molecule has 24 heavy (non-hydrogen) atoms. The zero-order valence-electron chi connectivity index (χ0n) is 14.5. The Morgan fingerprint density at radius 1 is 1.25 bits per heavy atom. The van der Waals surface area contributed by atoms with E-state index in [4.69, 9.17) is 9.47 Å². The van der Waals surface area contributed by atoms with Gasteiger partial charge < -0.3 is 20.1 Å². The summed E-state index contributed by atoms with van der Waals surface area (Å²) in [7, 11) is 1.78. The molecule has 1 aliphatic heterocycles. The van der Waals surface area contributed by atoms with Gasteiger partial charge in [-0.05, 0) is 19.1 Å². The van der Waals surface area contributed by atoms with E-state index in [1.807, 2.05) is 37.3 Å². The quantitative estimate of drug-likeness (QED) is 0.377. The second-order valence-corrected chi connectivity index (χ2v) is 5.58. The van der Waals surface area contributed by atoms with Crippen LogP contribution in [0.3, 0.4) is 0 Å². The van der Waals surface area contributed by atoms with Gasteiger partial charge in [-0.1, -0.05) is 18.2 Å². The average molecular weight is 448 g/mol. The fourth-order valence-corrected chi connectivity index (χ4v) is 2.39. The third-order valence-electron chi connectivity index (χ3n) is 3.69. The number of rotatable bonds is 7. The maximum Gasteiger partial charge on any atom is 0.191 e. The summed E-state index contributed by atoms with van der Waals surface area (Å²) >= 11 is 0. The Morgan fingerprint density at radius 2 is 1.96 bits per heavy atom. The third-order valence-corrected chi connectivity index (χ3v) is 3.69. The minimum atomic E-state index is 0. The van der Waals surface area contributed by atoms with Crippen molar-refractivity contribution in [3.63, 3.8) is 0 Å². The summed E-state index contributed by atoms with van der Waals surface area (Å²) in [5.74, 6) is 1.69. The van der Waals surface area contributed by atoms with E-state index in [0.29, 0.717) is 6.54 Å². The van der Waals surface area contributed by atoms with E-state index >= 15 is 0 Å². The van der Waals surface area contributed by atoms with Crippen LogP contribution in [0, 0.1) is 0 Å². The zero-order valence-corrected chi connectivity index (χ0v) is 16.9. The van der Waals surface area contributed by atoms with Crippen molar-refractivity contribution in [1.82, 2.24) is 15.5 Å². The molecule has 0 radical (unpaired) electrons. The smallest absolute Gasteiger partial charge is 0.191 e. The molecule has 1 aromatic rings. The number of aliphatic imine (C=N–C) groups is 1. The third kappa shape index (κ3) is 8.16. The number of hydrogen-bond donors (Lipinski definition) is 2. The van der Waals surface area contributed by atoms with Crippen LogP contribution in [-0.4, -0.2) is 69.9 Å². The van der Waals surface area contributed by atoms with E-state index in [1.165, 1.54) is 0 Å². The van der Waals surface area contributed by atoms with Crippen molar-refractivity contribution in [2.75, 3.05) is 53.0 Å². The standard InChI is InChI=1S/C17H28N4O2.HI/c1-15(23-16-6-4-3-5-7-16)14-20-17(18-2)19-8-9-21-10-12-22-13-11-21;/h3-7,15H,8-14H2,1-2H3,(H2,18,19,20);1H. The molecule has 1 atom stereocenters. The maximum absolute atomic E-state index is 5.84. The van der Waals surface area contributed by atoms with Gasteiger partial charge in [0, 0.05) is 33.2 Å². The molecule has 0 spiro atoms. The molecule has 6 nitrogen and oxygen atoms in total. The first-order valence-electron chi connectivity index (χ1n) is 8.24. The number of ether oxygens (including phenoxy) is 2. The van der Waals surface area contributed by atoms with Crippen LogP contribution < -0.4 is 15.4 Å². The van der Waals surface area contributed by atoms with Gasteiger partial charge in [-0.25, -0.2) is 0 Å². The van der Waals surface area contributed by atoms with Crippen LogP contribution >= 0.6 is 24.0 Å². The minimum absolute atomic E-state index is 0. The van der Waals surface area contributed by atoms with Crippen molar-refractivity contribution in [1.29, 1.82) is 0 Å². The SMILES string of the molecule is CN=C(NCCN1CCOCC1)NCC(C)Oc1ccccc1.I. The van der Waals surface area contributed by atoms with E-state index in [-0.39, 0.29) is 30.1 Å². The first-order valence-corrected chi connectivity index (χ1v) is 8.24. The number of para-hydroxylation sites is 1. The molecular formula is C17H29IN4O2. The van der Waals surface area contributed by atoms with Gasteiger partial charge >= 0.3 is 0 Å². The molecule has 2 N–H and O–H groups in total. The van der Waals surface area contributed by atoms with E-state index in [0.717, 1.165) is 51.1 Å².